The predicted molar refractivity (Wildman–Crippen MR) is 217 cm³/mol. The van der Waals surface area contributed by atoms with Gasteiger partial charge in [-0.1, -0.05) is 156 Å². The van der Waals surface area contributed by atoms with Crippen molar-refractivity contribution in [2.45, 2.75) is 131 Å². The highest BCUT2D eigenvalue weighted by Crippen LogP contribution is 2.30. The highest BCUT2D eigenvalue weighted by molar-refractivity contribution is 5.70. The molecule has 0 radical (unpaired) electrons. The van der Waals surface area contributed by atoms with Crippen molar-refractivity contribution in [1.82, 2.24) is 0 Å². The van der Waals surface area contributed by atoms with Gasteiger partial charge in [-0.05, 0) is 93.8 Å². The van der Waals surface area contributed by atoms with Crippen LogP contribution in [0.2, 0.25) is 0 Å². The Labute approximate surface area is 281 Å². The number of aryl methyl sites for hydroxylation is 3. The van der Waals surface area contributed by atoms with Gasteiger partial charge in [-0.3, -0.25) is 0 Å². The van der Waals surface area contributed by atoms with Crippen molar-refractivity contribution in [1.29, 1.82) is 0 Å². The Hall–Kier alpha value is -2.90. The summed E-state index contributed by atoms with van der Waals surface area (Å²) in [5.41, 5.74) is 14.7. The fourth-order valence-corrected chi connectivity index (χ4v) is 3.36. The van der Waals surface area contributed by atoms with Crippen LogP contribution in [0.1, 0.15) is 130 Å². The molecule has 0 aromatic heterocycles. The molecule has 0 aliphatic carbocycles. The lowest BCUT2D eigenvalue weighted by Crippen LogP contribution is -2.06. The van der Waals surface area contributed by atoms with Gasteiger partial charge in [-0.25, -0.2) is 0 Å². The molecule has 0 fully saturated rings. The molecule has 258 valence electrons. The van der Waals surface area contributed by atoms with Crippen LogP contribution in [0.4, 0.5) is 0 Å². The van der Waals surface area contributed by atoms with E-state index in [9.17, 15) is 0 Å². The molecular weight excluding hydrogens is 530 g/mol. The first-order valence-corrected chi connectivity index (χ1v) is 17.0. The van der Waals surface area contributed by atoms with Crippen molar-refractivity contribution >= 4 is 5.57 Å². The molecule has 0 saturated heterocycles. The van der Waals surface area contributed by atoms with E-state index in [1.807, 2.05) is 95.2 Å². The van der Waals surface area contributed by atoms with Gasteiger partial charge in [0.15, 0.2) is 0 Å². The first-order valence-electron chi connectivity index (χ1n) is 17.0. The van der Waals surface area contributed by atoms with E-state index in [-0.39, 0.29) is 0 Å². The molecule has 0 spiro atoms. The Morgan fingerprint density at radius 1 is 0.750 bits per heavy atom. The van der Waals surface area contributed by atoms with Crippen LogP contribution in [-0.2, 0) is 6.42 Å². The summed E-state index contributed by atoms with van der Waals surface area (Å²) in [5, 5.41) is 0. The summed E-state index contributed by atoms with van der Waals surface area (Å²) in [7, 11) is 0. The average Bonchev–Trinajstić information content (AvgIpc) is 3.09. The summed E-state index contributed by atoms with van der Waals surface area (Å²) < 4.78 is 0. The van der Waals surface area contributed by atoms with E-state index in [2.05, 4.69) is 117 Å². The van der Waals surface area contributed by atoms with Gasteiger partial charge in [0.05, 0.1) is 0 Å². The molecule has 2 aromatic rings. The van der Waals surface area contributed by atoms with Gasteiger partial charge in [0.25, 0.3) is 0 Å². The lowest BCUT2D eigenvalue weighted by Gasteiger charge is -2.20. The second-order valence-corrected chi connectivity index (χ2v) is 7.70. The van der Waals surface area contributed by atoms with Crippen LogP contribution >= 0.6 is 0 Å². The minimum absolute atomic E-state index is 0.519. The summed E-state index contributed by atoms with van der Waals surface area (Å²) >= 11 is 0. The summed E-state index contributed by atoms with van der Waals surface area (Å²) in [4.78, 5) is 0. The van der Waals surface area contributed by atoms with E-state index in [1.165, 1.54) is 39.0 Å². The van der Waals surface area contributed by atoms with Gasteiger partial charge < -0.3 is 5.73 Å². The standard InChI is InChI=1S/C22H28.C5H8.C2H7N.5C2H6.2C2H4/c1-7-21(22-13-15(2)11-12-17(22)4)18(5)14-20-10-8-9-16(3)19(20)6;1-3-5-4-2;1-2-3;7*1-2/h7-13,18H,14H2,1-6H3;3-5H,1H2,2H3;2-3H2,1H3;5*1-2H3;2*1-2H2/b21-7-;5-4+;;;;;;;;. The normalized spacial score (nSPS) is 8.93. The molecule has 44 heavy (non-hydrogen) atoms. The van der Waals surface area contributed by atoms with Crippen LogP contribution < -0.4 is 5.73 Å². The van der Waals surface area contributed by atoms with Gasteiger partial charge in [0.1, 0.15) is 0 Å². The summed E-state index contributed by atoms with van der Waals surface area (Å²) in [6.07, 6.45) is 8.96. The van der Waals surface area contributed by atoms with Crippen molar-refractivity contribution in [3.8, 4) is 0 Å². The Morgan fingerprint density at radius 2 is 1.18 bits per heavy atom. The third kappa shape index (κ3) is 35.3. The quantitative estimate of drug-likeness (QED) is 0.264. The molecule has 2 rings (SSSR count). The van der Waals surface area contributed by atoms with Crippen LogP contribution in [0.5, 0.6) is 0 Å². The smallest absolute Gasteiger partial charge is 0.0106 e. The molecule has 0 aliphatic heterocycles. The Morgan fingerprint density at radius 3 is 1.52 bits per heavy atom. The fourth-order valence-electron chi connectivity index (χ4n) is 3.36. The Kier molecular flexibility index (Phi) is 76.7. The van der Waals surface area contributed by atoms with Crippen molar-refractivity contribution in [2.75, 3.05) is 6.54 Å². The monoisotopic (exact) mass is 612 g/mol. The lowest BCUT2D eigenvalue weighted by atomic mass is 9.85. The highest BCUT2D eigenvalue weighted by atomic mass is 14.5. The molecule has 1 heteroatoms. The first kappa shape index (κ1) is 60.3. The maximum Gasteiger partial charge on any atom is -0.0106 e. The maximum absolute atomic E-state index is 4.85. The minimum Gasteiger partial charge on any atom is -0.331 e. The second kappa shape index (κ2) is 56.0. The number of benzene rings is 2. The van der Waals surface area contributed by atoms with Crippen LogP contribution in [0.3, 0.4) is 0 Å². The Bertz CT molecular complexity index is 853. The summed E-state index contributed by atoms with van der Waals surface area (Å²) in [6.45, 7) is 53.4. The number of hydrogen-bond donors (Lipinski definition) is 1. The van der Waals surface area contributed by atoms with Crippen molar-refractivity contribution in [3.05, 3.63) is 127 Å². The molecule has 0 aliphatic rings. The van der Waals surface area contributed by atoms with Crippen LogP contribution in [0, 0.1) is 33.6 Å². The zero-order valence-electron chi connectivity index (χ0n) is 33.4. The number of nitrogens with two attached hydrogens (primary N) is 1. The number of allylic oxidation sites excluding steroid dienone is 5. The zero-order valence-corrected chi connectivity index (χ0v) is 33.4. The SMILES string of the molecule is C/C=C(\c1cc(C)ccc1C)C(C)Cc1cccc(C)c1C.C=C.C=C.C=C/C=C/C.CC.CC.CC.CC.CC.CCN. The molecule has 0 heterocycles. The zero-order chi connectivity index (χ0) is 37.1. The van der Waals surface area contributed by atoms with Crippen LogP contribution in [-0.4, -0.2) is 6.54 Å². The predicted octanol–water partition coefficient (Wildman–Crippen LogP) is 14.7. The number of hydrogen-bond acceptors (Lipinski definition) is 1. The van der Waals surface area contributed by atoms with Gasteiger partial charge in [0, 0.05) is 0 Å². The lowest BCUT2D eigenvalue weighted by molar-refractivity contribution is 0.737. The first-order chi connectivity index (χ1) is 21.3. The van der Waals surface area contributed by atoms with Crippen molar-refractivity contribution in [2.24, 2.45) is 11.7 Å². The van der Waals surface area contributed by atoms with Gasteiger partial charge >= 0.3 is 0 Å². The van der Waals surface area contributed by atoms with Crippen molar-refractivity contribution < 1.29 is 0 Å². The van der Waals surface area contributed by atoms with E-state index in [4.69, 9.17) is 5.73 Å². The van der Waals surface area contributed by atoms with E-state index < -0.39 is 0 Å². The minimum atomic E-state index is 0.519. The molecule has 1 unspecified atom stereocenters. The third-order valence-corrected chi connectivity index (χ3v) is 5.12. The Balaban J connectivity index is -0.0000000818. The third-order valence-electron chi connectivity index (χ3n) is 5.12. The molecular formula is C43H81N. The molecule has 1 atom stereocenters. The summed E-state index contributed by atoms with van der Waals surface area (Å²) in [6, 6.07) is 13.4. The van der Waals surface area contributed by atoms with Gasteiger partial charge in [-0.15, -0.1) is 26.3 Å². The van der Waals surface area contributed by atoms with E-state index in [0.717, 1.165) is 13.0 Å². The maximum atomic E-state index is 4.85. The molecule has 2 N–H and O–H groups in total. The fraction of sp³-hybridized carbons (Fsp3) is 0.488. The van der Waals surface area contributed by atoms with E-state index in [0.29, 0.717) is 5.92 Å². The van der Waals surface area contributed by atoms with Gasteiger partial charge in [-0.2, -0.15) is 0 Å². The second-order valence-electron chi connectivity index (χ2n) is 7.70. The molecule has 2 aromatic carbocycles. The molecule has 0 saturated carbocycles. The average molecular weight is 612 g/mol. The highest BCUT2D eigenvalue weighted by Gasteiger charge is 2.14. The molecule has 0 amide bonds. The number of rotatable bonds is 5. The van der Waals surface area contributed by atoms with Crippen LogP contribution in [0.15, 0.2) is 93.6 Å². The largest absolute Gasteiger partial charge is 0.331 e. The van der Waals surface area contributed by atoms with Gasteiger partial charge in [0.2, 0.25) is 0 Å². The summed E-state index contributed by atoms with van der Waals surface area (Å²) in [5.74, 6) is 0.519. The topological polar surface area (TPSA) is 26.0 Å². The van der Waals surface area contributed by atoms with E-state index in [1.54, 1.807) is 6.08 Å². The van der Waals surface area contributed by atoms with Crippen molar-refractivity contribution in [3.63, 3.8) is 0 Å². The van der Waals surface area contributed by atoms with Crippen LogP contribution in [0.25, 0.3) is 5.57 Å². The molecule has 0 bridgehead atoms. The molecule has 1 nitrogen and oxygen atoms in total. The van der Waals surface area contributed by atoms with E-state index >= 15 is 0 Å².